The highest BCUT2D eigenvalue weighted by molar-refractivity contribution is 5.71. The molecule has 1 aliphatic heterocycles. The van der Waals surface area contributed by atoms with Crippen molar-refractivity contribution in [3.63, 3.8) is 0 Å². The van der Waals surface area contributed by atoms with Gasteiger partial charge in [-0.05, 0) is 32.0 Å². The van der Waals surface area contributed by atoms with E-state index in [1.165, 1.54) is 0 Å². The summed E-state index contributed by atoms with van der Waals surface area (Å²) < 4.78 is 5.52. The van der Waals surface area contributed by atoms with Crippen LogP contribution in [-0.4, -0.2) is 33.5 Å². The van der Waals surface area contributed by atoms with Crippen molar-refractivity contribution in [2.24, 2.45) is 5.92 Å². The molecule has 0 radical (unpaired) electrons. The molecule has 2 heterocycles. The van der Waals surface area contributed by atoms with E-state index in [9.17, 15) is 4.79 Å². The van der Waals surface area contributed by atoms with Crippen molar-refractivity contribution >= 4 is 5.97 Å². The summed E-state index contributed by atoms with van der Waals surface area (Å²) in [6.07, 6.45) is 2.35. The second-order valence-corrected chi connectivity index (χ2v) is 5.45. The summed E-state index contributed by atoms with van der Waals surface area (Å²) in [5.74, 6) is -0.396. The summed E-state index contributed by atoms with van der Waals surface area (Å²) in [6.45, 7) is 3.37. The van der Waals surface area contributed by atoms with Crippen molar-refractivity contribution in [1.29, 1.82) is 0 Å². The van der Waals surface area contributed by atoms with Crippen LogP contribution in [0.25, 0.3) is 11.5 Å². The number of aliphatic carboxylic acids is 1. The highest BCUT2D eigenvalue weighted by Gasteiger charge is 2.35. The van der Waals surface area contributed by atoms with E-state index in [4.69, 9.17) is 9.52 Å². The van der Waals surface area contributed by atoms with Gasteiger partial charge in [-0.1, -0.05) is 18.2 Å². The number of nitrogens with zero attached hydrogens (tertiary/aromatic N) is 2. The van der Waals surface area contributed by atoms with E-state index in [1.54, 1.807) is 6.26 Å². The predicted octanol–water partition coefficient (Wildman–Crippen LogP) is 2.64. The molecule has 1 N–H and O–H groups in total. The standard InChI is InChI=1S/C16H18N2O3/c1-11-14(16(19)20)7-8-18(11)9-13-10-21-15(17-13)12-5-3-2-4-6-12/h2-6,10-11,14H,7-9H2,1H3,(H,19,20). The van der Waals surface area contributed by atoms with E-state index >= 15 is 0 Å². The Kier molecular flexibility index (Phi) is 3.75. The van der Waals surface area contributed by atoms with Crippen LogP contribution in [-0.2, 0) is 11.3 Å². The fourth-order valence-corrected chi connectivity index (χ4v) is 2.86. The Morgan fingerprint density at radius 2 is 2.19 bits per heavy atom. The lowest BCUT2D eigenvalue weighted by Gasteiger charge is -2.21. The van der Waals surface area contributed by atoms with Crippen LogP contribution in [0.15, 0.2) is 41.0 Å². The molecule has 21 heavy (non-hydrogen) atoms. The van der Waals surface area contributed by atoms with Crippen LogP contribution >= 0.6 is 0 Å². The first kappa shape index (κ1) is 13.8. The van der Waals surface area contributed by atoms with Crippen LogP contribution in [0.3, 0.4) is 0 Å². The summed E-state index contributed by atoms with van der Waals surface area (Å²) in [5, 5.41) is 9.16. The molecule has 1 aromatic heterocycles. The highest BCUT2D eigenvalue weighted by Crippen LogP contribution is 2.26. The Hall–Kier alpha value is -2.14. The van der Waals surface area contributed by atoms with Gasteiger partial charge < -0.3 is 9.52 Å². The average molecular weight is 286 g/mol. The van der Waals surface area contributed by atoms with Crippen LogP contribution < -0.4 is 0 Å². The van der Waals surface area contributed by atoms with E-state index in [-0.39, 0.29) is 12.0 Å². The van der Waals surface area contributed by atoms with Crippen LogP contribution in [0.2, 0.25) is 0 Å². The minimum Gasteiger partial charge on any atom is -0.481 e. The van der Waals surface area contributed by atoms with Gasteiger partial charge in [0.25, 0.3) is 0 Å². The molecule has 2 unspecified atom stereocenters. The zero-order valence-electron chi connectivity index (χ0n) is 11.9. The number of carboxylic acid groups (broad SMARTS) is 1. The van der Waals surface area contributed by atoms with Crippen LogP contribution in [0.1, 0.15) is 19.0 Å². The number of hydrogen-bond acceptors (Lipinski definition) is 4. The van der Waals surface area contributed by atoms with Gasteiger partial charge >= 0.3 is 5.97 Å². The monoisotopic (exact) mass is 286 g/mol. The van der Waals surface area contributed by atoms with E-state index in [0.717, 1.165) is 17.8 Å². The number of hydrogen-bond donors (Lipinski definition) is 1. The van der Waals surface area contributed by atoms with Gasteiger partial charge in [-0.2, -0.15) is 0 Å². The van der Waals surface area contributed by atoms with E-state index in [2.05, 4.69) is 9.88 Å². The lowest BCUT2D eigenvalue weighted by atomic mass is 10.0. The van der Waals surface area contributed by atoms with Gasteiger partial charge in [-0.3, -0.25) is 9.69 Å². The maximum atomic E-state index is 11.1. The zero-order valence-corrected chi connectivity index (χ0v) is 11.9. The van der Waals surface area contributed by atoms with Crippen molar-refractivity contribution in [1.82, 2.24) is 9.88 Å². The molecule has 0 bridgehead atoms. The fraction of sp³-hybridized carbons (Fsp3) is 0.375. The first-order valence-electron chi connectivity index (χ1n) is 7.12. The maximum absolute atomic E-state index is 11.1. The average Bonchev–Trinajstić information content (AvgIpc) is 3.08. The molecule has 0 saturated carbocycles. The molecule has 1 aromatic carbocycles. The Balaban J connectivity index is 1.70. The normalized spacial score (nSPS) is 22.5. The van der Waals surface area contributed by atoms with Crippen molar-refractivity contribution in [3.8, 4) is 11.5 Å². The molecule has 0 aliphatic carbocycles. The van der Waals surface area contributed by atoms with Gasteiger partial charge in [0.05, 0.1) is 11.6 Å². The molecule has 3 rings (SSSR count). The van der Waals surface area contributed by atoms with Crippen LogP contribution in [0, 0.1) is 5.92 Å². The third kappa shape index (κ3) is 2.83. The number of benzene rings is 1. The zero-order chi connectivity index (χ0) is 14.8. The lowest BCUT2D eigenvalue weighted by molar-refractivity contribution is -0.142. The first-order valence-corrected chi connectivity index (χ1v) is 7.12. The molecule has 2 aromatic rings. The van der Waals surface area contributed by atoms with Crippen molar-refractivity contribution in [2.45, 2.75) is 25.9 Å². The minimum atomic E-state index is -0.713. The summed E-state index contributed by atoms with van der Waals surface area (Å²) in [6, 6.07) is 9.77. The molecule has 2 atom stereocenters. The van der Waals surface area contributed by atoms with Crippen LogP contribution in [0.4, 0.5) is 0 Å². The van der Waals surface area contributed by atoms with Crippen molar-refractivity contribution in [2.75, 3.05) is 6.54 Å². The molecule has 0 spiro atoms. The van der Waals surface area contributed by atoms with Gasteiger partial charge in [-0.25, -0.2) is 4.98 Å². The molecule has 0 amide bonds. The maximum Gasteiger partial charge on any atom is 0.308 e. The molecule has 1 fully saturated rings. The summed E-state index contributed by atoms with van der Waals surface area (Å²) in [5.41, 5.74) is 1.79. The molecular weight excluding hydrogens is 268 g/mol. The Morgan fingerprint density at radius 1 is 1.43 bits per heavy atom. The lowest BCUT2D eigenvalue weighted by Crippen LogP contribution is -2.32. The van der Waals surface area contributed by atoms with Gasteiger partial charge in [0.1, 0.15) is 6.26 Å². The number of rotatable bonds is 4. The highest BCUT2D eigenvalue weighted by atomic mass is 16.4. The largest absolute Gasteiger partial charge is 0.481 e. The smallest absolute Gasteiger partial charge is 0.308 e. The third-order valence-electron chi connectivity index (χ3n) is 4.14. The topological polar surface area (TPSA) is 66.6 Å². The number of aromatic nitrogens is 1. The van der Waals surface area contributed by atoms with Crippen molar-refractivity contribution in [3.05, 3.63) is 42.3 Å². The molecule has 5 nitrogen and oxygen atoms in total. The molecule has 5 heteroatoms. The molecule has 110 valence electrons. The minimum absolute atomic E-state index is 0.0272. The summed E-state index contributed by atoms with van der Waals surface area (Å²) >= 11 is 0. The summed E-state index contributed by atoms with van der Waals surface area (Å²) in [4.78, 5) is 17.8. The SMILES string of the molecule is CC1C(C(=O)O)CCN1Cc1coc(-c2ccccc2)n1. The van der Waals surface area contributed by atoms with E-state index in [1.807, 2.05) is 37.3 Å². The van der Waals surface area contributed by atoms with Gasteiger partial charge in [0.15, 0.2) is 0 Å². The van der Waals surface area contributed by atoms with Crippen LogP contribution in [0.5, 0.6) is 0 Å². The summed E-state index contributed by atoms with van der Waals surface area (Å²) in [7, 11) is 0. The Morgan fingerprint density at radius 3 is 2.86 bits per heavy atom. The number of carboxylic acids is 1. The molecular formula is C16H18N2O3. The number of likely N-dealkylation sites (tertiary alicyclic amines) is 1. The van der Waals surface area contributed by atoms with Gasteiger partial charge in [0, 0.05) is 18.2 Å². The van der Waals surface area contributed by atoms with Crippen molar-refractivity contribution < 1.29 is 14.3 Å². The quantitative estimate of drug-likeness (QED) is 0.936. The molecule has 1 aliphatic rings. The Labute approximate surface area is 123 Å². The number of oxazole rings is 1. The van der Waals surface area contributed by atoms with E-state index in [0.29, 0.717) is 18.9 Å². The second-order valence-electron chi connectivity index (χ2n) is 5.45. The van der Waals surface area contributed by atoms with E-state index < -0.39 is 5.97 Å². The van der Waals surface area contributed by atoms with Gasteiger partial charge in [0.2, 0.25) is 5.89 Å². The fourth-order valence-electron chi connectivity index (χ4n) is 2.86. The Bertz CT molecular complexity index is 623. The van der Waals surface area contributed by atoms with Gasteiger partial charge in [-0.15, -0.1) is 0 Å². The second kappa shape index (κ2) is 5.69. The molecule has 1 saturated heterocycles. The third-order valence-corrected chi connectivity index (χ3v) is 4.14. The predicted molar refractivity (Wildman–Crippen MR) is 77.6 cm³/mol. The first-order chi connectivity index (χ1) is 10.1. The number of carbonyl (C=O) groups is 1.